The average Bonchev–Trinajstić information content (AvgIpc) is 3.24. The lowest BCUT2D eigenvalue weighted by molar-refractivity contribution is -0.0440. The quantitative estimate of drug-likeness (QED) is 0.529. The van der Waals surface area contributed by atoms with Crippen LogP contribution in [0.1, 0.15) is 51.9 Å². The van der Waals surface area contributed by atoms with Gasteiger partial charge in [-0.05, 0) is 57.0 Å². The van der Waals surface area contributed by atoms with Crippen molar-refractivity contribution in [3.63, 3.8) is 0 Å². The van der Waals surface area contributed by atoms with Gasteiger partial charge in [-0.1, -0.05) is 0 Å². The molecule has 1 fully saturated rings. The average molecular weight is 566 g/mol. The summed E-state index contributed by atoms with van der Waals surface area (Å²) in [4.78, 5) is 40.2. The van der Waals surface area contributed by atoms with E-state index in [0.717, 1.165) is 10.4 Å². The monoisotopic (exact) mass is 565 g/mol. The van der Waals surface area contributed by atoms with Gasteiger partial charge in [0.05, 0.1) is 42.9 Å². The maximum Gasteiger partial charge on any atom is 0.410 e. The van der Waals surface area contributed by atoms with Gasteiger partial charge < -0.3 is 24.4 Å². The van der Waals surface area contributed by atoms with Crippen LogP contribution >= 0.6 is 11.3 Å². The van der Waals surface area contributed by atoms with E-state index in [-0.39, 0.29) is 54.5 Å². The molecule has 11 nitrogen and oxygen atoms in total. The number of morpholine rings is 1. The van der Waals surface area contributed by atoms with Crippen molar-refractivity contribution in [3.8, 4) is 0 Å². The number of carbonyl (C=O) groups excluding carboxylic acids is 3. The topological polar surface area (TPSA) is 132 Å². The number of rotatable bonds is 6. The Balaban J connectivity index is 1.54. The lowest BCUT2D eigenvalue weighted by Crippen LogP contribution is -2.48. The Morgan fingerprint density at radius 2 is 1.79 bits per heavy atom. The Morgan fingerprint density at radius 1 is 1.13 bits per heavy atom. The summed E-state index contributed by atoms with van der Waals surface area (Å²) in [6.07, 6.45) is -0.462. The first-order valence-corrected chi connectivity index (χ1v) is 14.5. The molecule has 2 aromatic rings. The van der Waals surface area contributed by atoms with Crippen LogP contribution in [0.4, 0.5) is 9.80 Å². The summed E-state index contributed by atoms with van der Waals surface area (Å²) in [7, 11) is -2.48. The summed E-state index contributed by atoms with van der Waals surface area (Å²) in [6, 6.07) is 5.66. The number of carbonyl (C=O) groups is 3. The van der Waals surface area contributed by atoms with Crippen LogP contribution in [-0.2, 0) is 37.2 Å². The SMILES string of the molecule is CCOC(=O)N1CCc2c(sc(NC(=O)c3ccc(S(=O)(=O)N4CC(C)OC(C)C4)cc3)c2C(=O)OC)C1. The Morgan fingerprint density at radius 3 is 2.39 bits per heavy atom. The normalized spacial score (nSPS) is 19.9. The molecule has 2 amide bonds. The number of sulfonamides is 1. The molecular weight excluding hydrogens is 534 g/mol. The third kappa shape index (κ3) is 5.70. The minimum Gasteiger partial charge on any atom is -0.465 e. The van der Waals surface area contributed by atoms with E-state index in [4.69, 9.17) is 14.2 Å². The maximum atomic E-state index is 13.1. The fraction of sp³-hybridized carbons (Fsp3) is 0.480. The molecule has 2 atom stereocenters. The van der Waals surface area contributed by atoms with Crippen LogP contribution in [0.25, 0.3) is 0 Å². The number of hydrogen-bond acceptors (Lipinski definition) is 9. The fourth-order valence-electron chi connectivity index (χ4n) is 4.61. The second-order valence-electron chi connectivity index (χ2n) is 9.13. The molecule has 1 aromatic carbocycles. The standard InChI is InChI=1S/C25H31N3O8S2/c1-5-35-25(31)27-11-10-19-20(14-27)37-23(21(19)24(30)34-4)26-22(29)17-6-8-18(9-7-17)38(32,33)28-12-15(2)36-16(3)13-28/h6-9,15-16H,5,10-14H2,1-4H3,(H,26,29). The molecule has 1 aromatic heterocycles. The first-order valence-electron chi connectivity index (χ1n) is 12.3. The van der Waals surface area contributed by atoms with Gasteiger partial charge in [0.2, 0.25) is 10.0 Å². The zero-order valence-corrected chi connectivity index (χ0v) is 23.3. The van der Waals surface area contributed by atoms with Crippen molar-refractivity contribution in [2.75, 3.05) is 38.7 Å². The first-order chi connectivity index (χ1) is 18.0. The lowest BCUT2D eigenvalue weighted by atomic mass is 10.0. The zero-order valence-electron chi connectivity index (χ0n) is 21.7. The smallest absolute Gasteiger partial charge is 0.410 e. The molecule has 1 N–H and O–H groups in total. The number of hydrogen-bond donors (Lipinski definition) is 1. The molecule has 13 heteroatoms. The van der Waals surface area contributed by atoms with Crippen molar-refractivity contribution in [3.05, 3.63) is 45.8 Å². The van der Waals surface area contributed by atoms with Crippen molar-refractivity contribution >= 4 is 44.3 Å². The molecule has 2 aliphatic rings. The summed E-state index contributed by atoms with van der Waals surface area (Å²) < 4.78 is 43.3. The second-order valence-corrected chi connectivity index (χ2v) is 12.2. The largest absolute Gasteiger partial charge is 0.465 e. The molecule has 0 aliphatic carbocycles. The second kappa shape index (κ2) is 11.4. The molecule has 3 heterocycles. The number of thiophene rings is 1. The van der Waals surface area contributed by atoms with Crippen LogP contribution in [0, 0.1) is 0 Å². The predicted octanol–water partition coefficient (Wildman–Crippen LogP) is 3.10. The number of benzene rings is 1. The number of amides is 2. The highest BCUT2D eigenvalue weighted by molar-refractivity contribution is 7.89. The number of nitrogens with one attached hydrogen (secondary N) is 1. The Bertz CT molecular complexity index is 1310. The van der Waals surface area contributed by atoms with E-state index in [1.807, 2.05) is 13.8 Å². The van der Waals surface area contributed by atoms with Crippen LogP contribution in [-0.4, -0.2) is 81.2 Å². The maximum absolute atomic E-state index is 13.1. The van der Waals surface area contributed by atoms with Gasteiger partial charge in [-0.25, -0.2) is 18.0 Å². The van der Waals surface area contributed by atoms with Gasteiger partial charge in [0.15, 0.2) is 0 Å². The highest BCUT2D eigenvalue weighted by Gasteiger charge is 2.33. The molecule has 0 bridgehead atoms. The van der Waals surface area contributed by atoms with Gasteiger partial charge in [0.25, 0.3) is 5.91 Å². The van der Waals surface area contributed by atoms with Gasteiger partial charge in [-0.3, -0.25) is 4.79 Å². The summed E-state index contributed by atoms with van der Waals surface area (Å²) in [5.74, 6) is -1.09. The zero-order chi connectivity index (χ0) is 27.6. The summed E-state index contributed by atoms with van der Waals surface area (Å²) in [6.45, 7) is 6.76. The highest BCUT2D eigenvalue weighted by atomic mass is 32.2. The predicted molar refractivity (Wildman–Crippen MR) is 140 cm³/mol. The number of nitrogens with zero attached hydrogens (tertiary/aromatic N) is 2. The van der Waals surface area contributed by atoms with E-state index >= 15 is 0 Å². The molecule has 2 unspecified atom stereocenters. The Hall–Kier alpha value is -3.00. The van der Waals surface area contributed by atoms with Crippen molar-refractivity contribution in [1.82, 2.24) is 9.21 Å². The molecule has 0 radical (unpaired) electrons. The van der Waals surface area contributed by atoms with Crippen LogP contribution in [0.15, 0.2) is 29.2 Å². The van der Waals surface area contributed by atoms with E-state index < -0.39 is 28.0 Å². The van der Waals surface area contributed by atoms with Crippen LogP contribution in [0.2, 0.25) is 0 Å². The summed E-state index contributed by atoms with van der Waals surface area (Å²) in [5, 5.41) is 3.08. The first kappa shape index (κ1) is 28.0. The van der Waals surface area contributed by atoms with Crippen LogP contribution in [0.5, 0.6) is 0 Å². The third-order valence-electron chi connectivity index (χ3n) is 6.34. The van der Waals surface area contributed by atoms with E-state index in [1.54, 1.807) is 11.8 Å². The molecule has 38 heavy (non-hydrogen) atoms. The van der Waals surface area contributed by atoms with Gasteiger partial charge >= 0.3 is 12.1 Å². The van der Waals surface area contributed by atoms with E-state index in [1.165, 1.54) is 47.0 Å². The highest BCUT2D eigenvalue weighted by Crippen LogP contribution is 2.38. The van der Waals surface area contributed by atoms with Gasteiger partial charge in [0, 0.05) is 30.1 Å². The van der Waals surface area contributed by atoms with E-state index in [0.29, 0.717) is 18.0 Å². The number of fused-ring (bicyclic) bond motifs is 1. The minimum absolute atomic E-state index is 0.0799. The summed E-state index contributed by atoms with van der Waals surface area (Å²) >= 11 is 1.20. The molecule has 2 aliphatic heterocycles. The lowest BCUT2D eigenvalue weighted by Gasteiger charge is -2.34. The van der Waals surface area contributed by atoms with Crippen molar-refractivity contribution in [2.24, 2.45) is 0 Å². The third-order valence-corrected chi connectivity index (χ3v) is 9.32. The van der Waals surface area contributed by atoms with Gasteiger partial charge in [0.1, 0.15) is 5.00 Å². The van der Waals surface area contributed by atoms with E-state index in [2.05, 4.69) is 5.32 Å². The molecule has 206 valence electrons. The fourth-order valence-corrected chi connectivity index (χ4v) is 7.45. The molecule has 0 saturated carbocycles. The van der Waals surface area contributed by atoms with E-state index in [9.17, 15) is 22.8 Å². The number of anilines is 1. The van der Waals surface area contributed by atoms with Gasteiger partial charge in [-0.15, -0.1) is 11.3 Å². The Labute approximate surface area is 225 Å². The van der Waals surface area contributed by atoms with Crippen LogP contribution in [0.3, 0.4) is 0 Å². The molecule has 1 saturated heterocycles. The minimum atomic E-state index is -3.75. The van der Waals surface area contributed by atoms with Crippen molar-refractivity contribution in [2.45, 2.75) is 50.8 Å². The molecule has 0 spiro atoms. The van der Waals surface area contributed by atoms with Crippen LogP contribution < -0.4 is 5.32 Å². The van der Waals surface area contributed by atoms with Crippen molar-refractivity contribution in [1.29, 1.82) is 0 Å². The number of esters is 1. The summed E-state index contributed by atoms with van der Waals surface area (Å²) in [5.41, 5.74) is 1.22. The van der Waals surface area contributed by atoms with Gasteiger partial charge in [-0.2, -0.15) is 4.31 Å². The molecular formula is C25H31N3O8S2. The van der Waals surface area contributed by atoms with Crippen molar-refractivity contribution < 1.29 is 37.0 Å². The number of ether oxygens (including phenoxy) is 3. The number of methoxy groups -OCH3 is 1. The Kier molecular flexibility index (Phi) is 8.40. The molecule has 4 rings (SSSR count).